The highest BCUT2D eigenvalue weighted by molar-refractivity contribution is 6.33. The van der Waals surface area contributed by atoms with Gasteiger partial charge in [-0.15, -0.1) is 0 Å². The lowest BCUT2D eigenvalue weighted by Gasteiger charge is -2.12. The molecule has 2 aromatic carbocycles. The molecule has 3 amide bonds. The molecule has 142 valence electrons. The summed E-state index contributed by atoms with van der Waals surface area (Å²) in [7, 11) is 0. The fourth-order valence-electron chi connectivity index (χ4n) is 2.31. The first-order valence-electron chi connectivity index (χ1n) is 8.42. The van der Waals surface area contributed by atoms with Crippen LogP contribution in [0.25, 0.3) is 0 Å². The number of carbonyl (C=O) groups is 3. The summed E-state index contributed by atoms with van der Waals surface area (Å²) in [4.78, 5) is 35.1. The summed E-state index contributed by atoms with van der Waals surface area (Å²) in [5, 5.41) is 8.70. The molecular formula is C19H21ClN4O3. The number of nitrogens with one attached hydrogen (secondary N) is 3. The molecule has 0 radical (unpaired) electrons. The summed E-state index contributed by atoms with van der Waals surface area (Å²) in [5.74, 6) is -0.983. The van der Waals surface area contributed by atoms with Gasteiger partial charge >= 0.3 is 0 Å². The van der Waals surface area contributed by atoms with E-state index >= 15 is 0 Å². The number of hydrogen-bond donors (Lipinski definition) is 4. The third-order valence-corrected chi connectivity index (χ3v) is 3.93. The Morgan fingerprint density at radius 1 is 1.00 bits per heavy atom. The number of nitrogens with two attached hydrogens (primary N) is 1. The molecule has 0 aliphatic carbocycles. The number of carbonyl (C=O) groups excluding carboxylic acids is 3. The Hall–Kier alpha value is -3.06. The molecule has 0 atom stereocenters. The quantitative estimate of drug-likeness (QED) is 0.556. The number of rotatable bonds is 8. The van der Waals surface area contributed by atoms with E-state index in [-0.39, 0.29) is 18.4 Å². The molecule has 0 aliphatic heterocycles. The second-order valence-electron chi connectivity index (χ2n) is 5.84. The molecule has 0 heterocycles. The number of hydrogen-bond acceptors (Lipinski definition) is 4. The molecule has 0 bridgehead atoms. The monoisotopic (exact) mass is 388 g/mol. The van der Waals surface area contributed by atoms with Crippen molar-refractivity contribution in [3.8, 4) is 0 Å². The molecular weight excluding hydrogens is 368 g/mol. The minimum Gasteiger partial charge on any atom is -0.376 e. The van der Waals surface area contributed by atoms with Crippen molar-refractivity contribution in [2.24, 2.45) is 5.73 Å². The van der Waals surface area contributed by atoms with Gasteiger partial charge in [-0.25, -0.2) is 0 Å². The van der Waals surface area contributed by atoms with E-state index < -0.39 is 5.91 Å². The lowest BCUT2D eigenvalue weighted by molar-refractivity contribution is -0.116. The molecule has 8 heteroatoms. The van der Waals surface area contributed by atoms with Crippen molar-refractivity contribution < 1.29 is 14.4 Å². The van der Waals surface area contributed by atoms with Crippen molar-refractivity contribution in [1.29, 1.82) is 0 Å². The van der Waals surface area contributed by atoms with Crippen LogP contribution in [0.2, 0.25) is 5.02 Å². The van der Waals surface area contributed by atoms with E-state index in [1.54, 1.807) is 42.5 Å². The molecule has 2 rings (SSSR count). The average Bonchev–Trinajstić information content (AvgIpc) is 2.63. The fraction of sp³-hybridized carbons (Fsp3) is 0.211. The minimum absolute atomic E-state index is 0.0367. The van der Waals surface area contributed by atoms with Gasteiger partial charge < -0.3 is 21.7 Å². The SMILES string of the molecule is CCCC(=O)Nc1ccc(Cl)c(NC(=O)CNc2cccc(C(N)=O)c2)c1. The van der Waals surface area contributed by atoms with E-state index in [1.807, 2.05) is 6.92 Å². The van der Waals surface area contributed by atoms with Crippen LogP contribution in [0, 0.1) is 0 Å². The maximum Gasteiger partial charge on any atom is 0.248 e. The Labute approximate surface area is 162 Å². The van der Waals surface area contributed by atoms with Crippen LogP contribution in [-0.2, 0) is 9.59 Å². The van der Waals surface area contributed by atoms with E-state index in [4.69, 9.17) is 17.3 Å². The van der Waals surface area contributed by atoms with Crippen LogP contribution in [0.4, 0.5) is 17.1 Å². The molecule has 0 fully saturated rings. The predicted octanol–water partition coefficient (Wildman–Crippen LogP) is 3.23. The van der Waals surface area contributed by atoms with Crippen LogP contribution in [0.3, 0.4) is 0 Å². The van der Waals surface area contributed by atoms with E-state index in [2.05, 4.69) is 16.0 Å². The van der Waals surface area contributed by atoms with Crippen molar-refractivity contribution in [3.63, 3.8) is 0 Å². The smallest absolute Gasteiger partial charge is 0.248 e. The van der Waals surface area contributed by atoms with Crippen molar-refractivity contribution in [3.05, 3.63) is 53.1 Å². The van der Waals surface area contributed by atoms with Crippen LogP contribution in [0.1, 0.15) is 30.1 Å². The van der Waals surface area contributed by atoms with Crippen molar-refractivity contribution in [2.45, 2.75) is 19.8 Å². The minimum atomic E-state index is -0.545. The second kappa shape index (κ2) is 9.59. The fourth-order valence-corrected chi connectivity index (χ4v) is 2.47. The Morgan fingerprint density at radius 3 is 2.48 bits per heavy atom. The van der Waals surface area contributed by atoms with Gasteiger partial charge in [0.25, 0.3) is 0 Å². The third-order valence-electron chi connectivity index (χ3n) is 3.60. The van der Waals surface area contributed by atoms with Crippen LogP contribution in [0.5, 0.6) is 0 Å². The third kappa shape index (κ3) is 6.31. The first-order chi connectivity index (χ1) is 12.9. The second-order valence-corrected chi connectivity index (χ2v) is 6.25. The standard InChI is InChI=1S/C19H21ClN4O3/c1-2-4-17(25)23-14-7-8-15(20)16(10-14)24-18(26)11-22-13-6-3-5-12(9-13)19(21)27/h3,5-10,22H,2,4,11H2,1H3,(H2,21,27)(H,23,25)(H,24,26). The van der Waals surface area contributed by atoms with Crippen molar-refractivity contribution >= 4 is 46.4 Å². The summed E-state index contributed by atoms with van der Waals surface area (Å²) < 4.78 is 0. The molecule has 0 saturated heterocycles. The Bertz CT molecular complexity index is 855. The summed E-state index contributed by atoms with van der Waals surface area (Å²) in [6, 6.07) is 11.4. The van der Waals surface area contributed by atoms with Gasteiger partial charge in [-0.2, -0.15) is 0 Å². The summed E-state index contributed by atoms with van der Waals surface area (Å²) in [5.41, 5.74) is 7.11. The highest BCUT2D eigenvalue weighted by Crippen LogP contribution is 2.25. The molecule has 7 nitrogen and oxygen atoms in total. The normalized spacial score (nSPS) is 10.1. The molecule has 0 spiro atoms. The maximum atomic E-state index is 12.2. The van der Waals surface area contributed by atoms with Gasteiger partial charge in [-0.3, -0.25) is 14.4 Å². The highest BCUT2D eigenvalue weighted by Gasteiger charge is 2.09. The zero-order valence-corrected chi connectivity index (χ0v) is 15.6. The highest BCUT2D eigenvalue weighted by atomic mass is 35.5. The van der Waals surface area contributed by atoms with Gasteiger partial charge in [0.15, 0.2) is 0 Å². The number of amides is 3. The molecule has 0 aromatic heterocycles. The van der Waals surface area contributed by atoms with Crippen LogP contribution >= 0.6 is 11.6 Å². The van der Waals surface area contributed by atoms with Crippen molar-refractivity contribution in [2.75, 3.05) is 22.5 Å². The number of benzene rings is 2. The molecule has 2 aromatic rings. The zero-order valence-electron chi connectivity index (χ0n) is 14.8. The van der Waals surface area contributed by atoms with Crippen LogP contribution < -0.4 is 21.7 Å². The Morgan fingerprint density at radius 2 is 1.78 bits per heavy atom. The van der Waals surface area contributed by atoms with Gasteiger partial charge in [0.05, 0.1) is 17.3 Å². The molecule has 5 N–H and O–H groups in total. The predicted molar refractivity (Wildman–Crippen MR) is 107 cm³/mol. The van der Waals surface area contributed by atoms with Gasteiger partial charge in [0.2, 0.25) is 17.7 Å². The maximum absolute atomic E-state index is 12.2. The summed E-state index contributed by atoms with van der Waals surface area (Å²) >= 11 is 6.11. The van der Waals surface area contributed by atoms with E-state index in [9.17, 15) is 14.4 Å². The lowest BCUT2D eigenvalue weighted by Crippen LogP contribution is -2.22. The topological polar surface area (TPSA) is 113 Å². The number of halogens is 1. The number of anilines is 3. The van der Waals surface area contributed by atoms with Crippen LogP contribution in [0.15, 0.2) is 42.5 Å². The van der Waals surface area contributed by atoms with Gasteiger partial charge in [-0.05, 0) is 42.8 Å². The van der Waals surface area contributed by atoms with Gasteiger partial charge in [-0.1, -0.05) is 24.6 Å². The van der Waals surface area contributed by atoms with E-state index in [1.165, 1.54) is 0 Å². The molecule has 0 aliphatic rings. The van der Waals surface area contributed by atoms with E-state index in [0.717, 1.165) is 6.42 Å². The lowest BCUT2D eigenvalue weighted by atomic mass is 10.2. The Kier molecular flexibility index (Phi) is 7.19. The molecule has 0 saturated carbocycles. The van der Waals surface area contributed by atoms with Gasteiger partial charge in [0, 0.05) is 23.4 Å². The first kappa shape index (κ1) is 20.3. The van der Waals surface area contributed by atoms with E-state index in [0.29, 0.717) is 34.1 Å². The van der Waals surface area contributed by atoms with Crippen LogP contribution in [-0.4, -0.2) is 24.3 Å². The summed E-state index contributed by atoms with van der Waals surface area (Å²) in [6.45, 7) is 1.88. The average molecular weight is 389 g/mol. The van der Waals surface area contributed by atoms with Gasteiger partial charge in [0.1, 0.15) is 0 Å². The molecule has 0 unspecified atom stereocenters. The molecule has 27 heavy (non-hydrogen) atoms. The Balaban J connectivity index is 1.97. The summed E-state index contributed by atoms with van der Waals surface area (Å²) in [6.07, 6.45) is 1.16. The number of primary amides is 1. The largest absolute Gasteiger partial charge is 0.376 e. The zero-order chi connectivity index (χ0) is 19.8. The first-order valence-corrected chi connectivity index (χ1v) is 8.80. The van der Waals surface area contributed by atoms with Crippen molar-refractivity contribution in [1.82, 2.24) is 0 Å².